The normalized spacial score (nSPS) is 11.9. The predicted molar refractivity (Wildman–Crippen MR) is 100 cm³/mol. The summed E-state index contributed by atoms with van der Waals surface area (Å²) in [5, 5.41) is 10.2. The van der Waals surface area contributed by atoms with Crippen molar-refractivity contribution < 1.29 is 23.1 Å². The SMILES string of the molecule is CC(=O)C(=O)/C=C(\O)c1cccc(NS(=O)(=O)c2ccc(Cl)cc2Cl)c1. The second kappa shape index (κ2) is 7.90. The van der Waals surface area contributed by atoms with Crippen LogP contribution < -0.4 is 4.72 Å². The lowest BCUT2D eigenvalue weighted by Gasteiger charge is -2.11. The molecule has 9 heteroatoms. The third-order valence-corrected chi connectivity index (χ3v) is 5.31. The highest BCUT2D eigenvalue weighted by molar-refractivity contribution is 7.92. The number of carbonyl (C=O) groups excluding carboxylic acids is 2. The first-order valence-electron chi connectivity index (χ1n) is 7.14. The summed E-state index contributed by atoms with van der Waals surface area (Å²) in [5.74, 6) is -2.07. The summed E-state index contributed by atoms with van der Waals surface area (Å²) in [4.78, 5) is 22.2. The van der Waals surface area contributed by atoms with E-state index in [0.717, 1.165) is 13.0 Å². The number of hydrogen-bond donors (Lipinski definition) is 2. The Morgan fingerprint density at radius 1 is 1.12 bits per heavy atom. The number of rotatable bonds is 6. The van der Waals surface area contributed by atoms with Crippen molar-refractivity contribution >= 4 is 56.2 Å². The van der Waals surface area contributed by atoms with Crippen LogP contribution in [0.5, 0.6) is 0 Å². The molecule has 0 saturated heterocycles. The van der Waals surface area contributed by atoms with Crippen molar-refractivity contribution in [3.8, 4) is 0 Å². The number of nitrogens with one attached hydrogen (secondary N) is 1. The molecule has 136 valence electrons. The number of halogens is 2. The monoisotopic (exact) mass is 413 g/mol. The van der Waals surface area contributed by atoms with E-state index in [1.165, 1.54) is 42.5 Å². The summed E-state index contributed by atoms with van der Waals surface area (Å²) in [5.41, 5.74) is 0.283. The molecule has 6 nitrogen and oxygen atoms in total. The average Bonchev–Trinajstić information content (AvgIpc) is 2.54. The molecule has 0 amide bonds. The summed E-state index contributed by atoms with van der Waals surface area (Å²) in [6.07, 6.45) is 0.770. The van der Waals surface area contributed by atoms with Gasteiger partial charge in [-0.05, 0) is 30.3 Å². The van der Waals surface area contributed by atoms with E-state index in [1.54, 1.807) is 0 Å². The molecule has 2 aromatic rings. The molecule has 0 aromatic heterocycles. The van der Waals surface area contributed by atoms with E-state index in [9.17, 15) is 23.1 Å². The number of sulfonamides is 1. The Hall–Kier alpha value is -2.35. The zero-order valence-corrected chi connectivity index (χ0v) is 15.7. The molecular weight excluding hydrogens is 401 g/mol. The van der Waals surface area contributed by atoms with Crippen molar-refractivity contribution in [2.45, 2.75) is 11.8 Å². The number of allylic oxidation sites excluding steroid dienone is 1. The molecule has 0 aliphatic heterocycles. The Kier molecular flexibility index (Phi) is 6.07. The van der Waals surface area contributed by atoms with Gasteiger partial charge in [0.25, 0.3) is 10.0 Å². The van der Waals surface area contributed by atoms with Crippen molar-refractivity contribution in [2.75, 3.05) is 4.72 Å². The molecule has 0 unspecified atom stereocenters. The Labute approximate surface area is 160 Å². The summed E-state index contributed by atoms with van der Waals surface area (Å²) in [6, 6.07) is 9.63. The largest absolute Gasteiger partial charge is 0.507 e. The fraction of sp³-hybridized carbons (Fsp3) is 0.0588. The highest BCUT2D eigenvalue weighted by Crippen LogP contribution is 2.27. The third-order valence-electron chi connectivity index (χ3n) is 3.21. The molecule has 0 spiro atoms. The minimum atomic E-state index is -4.00. The molecular formula is C17H13Cl2NO5S. The first-order chi connectivity index (χ1) is 12.1. The van der Waals surface area contributed by atoms with Crippen molar-refractivity contribution in [3.63, 3.8) is 0 Å². The van der Waals surface area contributed by atoms with Gasteiger partial charge in [0.2, 0.25) is 5.78 Å². The van der Waals surface area contributed by atoms with Gasteiger partial charge in [0, 0.05) is 29.3 Å². The highest BCUT2D eigenvalue weighted by Gasteiger charge is 2.18. The van der Waals surface area contributed by atoms with Crippen LogP contribution in [0.2, 0.25) is 10.0 Å². The lowest BCUT2D eigenvalue weighted by Crippen LogP contribution is -2.13. The van der Waals surface area contributed by atoms with E-state index in [4.69, 9.17) is 23.2 Å². The third kappa shape index (κ3) is 4.85. The Bertz CT molecular complexity index is 1020. The van der Waals surface area contributed by atoms with E-state index in [-0.39, 0.29) is 21.2 Å². The number of aliphatic hydroxyl groups is 1. The molecule has 0 radical (unpaired) electrons. The van der Waals surface area contributed by atoms with E-state index >= 15 is 0 Å². The molecule has 0 fully saturated rings. The van der Waals surface area contributed by atoms with Gasteiger partial charge in [0.15, 0.2) is 5.78 Å². The zero-order valence-electron chi connectivity index (χ0n) is 13.4. The van der Waals surface area contributed by atoms with Gasteiger partial charge < -0.3 is 5.11 Å². The number of anilines is 1. The van der Waals surface area contributed by atoms with Crippen LogP contribution >= 0.6 is 23.2 Å². The molecule has 0 heterocycles. The summed E-state index contributed by atoms with van der Waals surface area (Å²) < 4.78 is 27.3. The van der Waals surface area contributed by atoms with E-state index < -0.39 is 27.3 Å². The number of Topliss-reactive ketones (excluding diaryl/α,β-unsaturated/α-hetero) is 1. The standard InChI is InChI=1S/C17H13Cl2NO5S/c1-10(21)15(22)9-16(23)11-3-2-4-13(7-11)20-26(24,25)17-6-5-12(18)8-14(17)19/h2-9,20,23H,1H3/b16-9-. The van der Waals surface area contributed by atoms with Crippen molar-refractivity contribution in [2.24, 2.45) is 0 Å². The van der Waals surface area contributed by atoms with Crippen LogP contribution in [0.25, 0.3) is 5.76 Å². The molecule has 26 heavy (non-hydrogen) atoms. The van der Waals surface area contributed by atoms with E-state index in [2.05, 4.69) is 4.72 Å². The van der Waals surface area contributed by atoms with Crippen LogP contribution in [0.1, 0.15) is 12.5 Å². The maximum atomic E-state index is 12.5. The van der Waals surface area contributed by atoms with Crippen molar-refractivity contribution in [3.05, 3.63) is 64.1 Å². The molecule has 0 aliphatic carbocycles. The van der Waals surface area contributed by atoms with Crippen LogP contribution in [0.3, 0.4) is 0 Å². The van der Waals surface area contributed by atoms with Crippen molar-refractivity contribution in [1.82, 2.24) is 0 Å². The van der Waals surface area contributed by atoms with E-state index in [1.807, 2.05) is 0 Å². The summed E-state index contributed by atoms with van der Waals surface area (Å²) in [6.45, 7) is 1.08. The molecule has 2 aromatic carbocycles. The van der Waals surface area contributed by atoms with Crippen molar-refractivity contribution in [1.29, 1.82) is 0 Å². The van der Waals surface area contributed by atoms with E-state index in [0.29, 0.717) is 5.02 Å². The van der Waals surface area contributed by atoms with Gasteiger partial charge >= 0.3 is 0 Å². The van der Waals surface area contributed by atoms with Crippen LogP contribution in [-0.4, -0.2) is 25.1 Å². The first kappa shape index (κ1) is 20.0. The van der Waals surface area contributed by atoms with Gasteiger partial charge in [-0.3, -0.25) is 14.3 Å². The molecule has 0 aliphatic rings. The smallest absolute Gasteiger partial charge is 0.263 e. The topological polar surface area (TPSA) is 101 Å². The maximum absolute atomic E-state index is 12.5. The summed E-state index contributed by atoms with van der Waals surface area (Å²) >= 11 is 11.7. The van der Waals surface area contributed by atoms with Gasteiger partial charge in [0.05, 0.1) is 5.02 Å². The van der Waals surface area contributed by atoms with Crippen LogP contribution in [-0.2, 0) is 19.6 Å². The molecule has 2 N–H and O–H groups in total. The second-order valence-corrected chi connectivity index (χ2v) is 7.71. The zero-order chi connectivity index (χ0) is 19.5. The predicted octanol–water partition coefficient (Wildman–Crippen LogP) is 3.85. The van der Waals surface area contributed by atoms with Gasteiger partial charge in [0.1, 0.15) is 10.7 Å². The minimum absolute atomic E-state index is 0.0454. The fourth-order valence-electron chi connectivity index (χ4n) is 1.95. The lowest BCUT2D eigenvalue weighted by atomic mass is 10.1. The average molecular weight is 414 g/mol. The molecule has 0 bridgehead atoms. The molecule has 0 atom stereocenters. The second-order valence-electron chi connectivity index (χ2n) is 5.21. The number of aliphatic hydroxyl groups excluding tert-OH is 1. The molecule has 2 rings (SSSR count). The minimum Gasteiger partial charge on any atom is -0.507 e. The van der Waals surface area contributed by atoms with Crippen LogP contribution in [0, 0.1) is 0 Å². The van der Waals surface area contributed by atoms with Gasteiger partial charge in [-0.2, -0.15) is 0 Å². The quantitative estimate of drug-likeness (QED) is 0.425. The molecule has 0 saturated carbocycles. The number of hydrogen-bond acceptors (Lipinski definition) is 5. The highest BCUT2D eigenvalue weighted by atomic mass is 35.5. The van der Waals surface area contributed by atoms with Gasteiger partial charge in [-0.1, -0.05) is 35.3 Å². The fourth-order valence-corrected chi connectivity index (χ4v) is 3.78. The number of carbonyl (C=O) groups is 2. The van der Waals surface area contributed by atoms with Gasteiger partial charge in [-0.15, -0.1) is 0 Å². The number of ketones is 2. The Morgan fingerprint density at radius 3 is 2.42 bits per heavy atom. The Balaban J connectivity index is 2.33. The van der Waals surface area contributed by atoms with Crippen LogP contribution in [0.15, 0.2) is 53.4 Å². The Morgan fingerprint density at radius 2 is 1.81 bits per heavy atom. The maximum Gasteiger partial charge on any atom is 0.263 e. The number of benzene rings is 2. The van der Waals surface area contributed by atoms with Crippen LogP contribution in [0.4, 0.5) is 5.69 Å². The van der Waals surface area contributed by atoms with Gasteiger partial charge in [-0.25, -0.2) is 8.42 Å². The lowest BCUT2D eigenvalue weighted by molar-refractivity contribution is -0.132. The summed E-state index contributed by atoms with van der Waals surface area (Å²) in [7, 11) is -4.00. The first-order valence-corrected chi connectivity index (χ1v) is 9.38.